The van der Waals surface area contributed by atoms with Crippen molar-refractivity contribution in [3.8, 4) is 0 Å². The fourth-order valence-corrected chi connectivity index (χ4v) is 0.521. The molecule has 0 saturated heterocycles. The summed E-state index contributed by atoms with van der Waals surface area (Å²) in [5.41, 5.74) is 0. The molecule has 0 radical (unpaired) electrons. The maximum Gasteiger partial charge on any atom is 0.332 e. The van der Waals surface area contributed by atoms with Crippen LogP contribution in [0, 0.1) is 0 Å². The molecule has 0 heterocycles. The van der Waals surface area contributed by atoms with Crippen LogP contribution in [0.3, 0.4) is 0 Å². The number of carboxylic acid groups (broad SMARTS) is 1. The molecule has 0 bridgehead atoms. The van der Waals surface area contributed by atoms with E-state index in [1.165, 1.54) is 0 Å². The van der Waals surface area contributed by atoms with Crippen molar-refractivity contribution >= 4 is 5.97 Å². The van der Waals surface area contributed by atoms with E-state index < -0.39 is 12.1 Å². The standard InChI is InChI=1S/C6H12O3.Ti/c1-2-3-4-5(7)6(8)9;/h5,7H,2-4H2,1H3,(H,8,9);. The summed E-state index contributed by atoms with van der Waals surface area (Å²) in [6.45, 7) is 1.95. The third kappa shape index (κ3) is 6.27. The summed E-state index contributed by atoms with van der Waals surface area (Å²) >= 11 is 0. The van der Waals surface area contributed by atoms with Gasteiger partial charge in [0.15, 0.2) is 6.10 Å². The molecule has 4 heteroatoms. The summed E-state index contributed by atoms with van der Waals surface area (Å²) in [6, 6.07) is 0. The number of aliphatic carboxylic acids is 1. The van der Waals surface area contributed by atoms with Gasteiger partial charge in [0.25, 0.3) is 0 Å². The molecule has 1 unspecified atom stereocenters. The minimum atomic E-state index is -1.16. The fourth-order valence-electron chi connectivity index (χ4n) is 0.521. The quantitative estimate of drug-likeness (QED) is 0.623. The van der Waals surface area contributed by atoms with Gasteiger partial charge in [0.2, 0.25) is 0 Å². The summed E-state index contributed by atoms with van der Waals surface area (Å²) in [5, 5.41) is 16.8. The predicted molar refractivity (Wildman–Crippen MR) is 33.2 cm³/mol. The Morgan fingerprint density at radius 1 is 1.60 bits per heavy atom. The van der Waals surface area contributed by atoms with Crippen LogP contribution < -0.4 is 0 Å². The van der Waals surface area contributed by atoms with Gasteiger partial charge in [0.05, 0.1) is 0 Å². The van der Waals surface area contributed by atoms with Gasteiger partial charge in [-0.3, -0.25) is 0 Å². The summed E-state index contributed by atoms with van der Waals surface area (Å²) in [4.78, 5) is 9.96. The van der Waals surface area contributed by atoms with E-state index in [4.69, 9.17) is 10.2 Å². The minimum absolute atomic E-state index is 0. The maximum absolute atomic E-state index is 9.96. The van der Waals surface area contributed by atoms with Gasteiger partial charge in [0.1, 0.15) is 0 Å². The first-order valence-corrected chi connectivity index (χ1v) is 3.09. The number of carbonyl (C=O) groups is 1. The molecule has 0 saturated carbocycles. The van der Waals surface area contributed by atoms with Crippen molar-refractivity contribution in [2.24, 2.45) is 0 Å². The summed E-state index contributed by atoms with van der Waals surface area (Å²) in [6.07, 6.45) is 0.897. The predicted octanol–water partition coefficient (Wildman–Crippen LogP) is 0.620. The van der Waals surface area contributed by atoms with Gasteiger partial charge >= 0.3 is 5.97 Å². The number of hydrogen-bond acceptors (Lipinski definition) is 2. The molecule has 0 aromatic rings. The van der Waals surface area contributed by atoms with E-state index in [0.29, 0.717) is 6.42 Å². The molecule has 0 aliphatic carbocycles. The third-order valence-corrected chi connectivity index (χ3v) is 1.12. The van der Waals surface area contributed by atoms with E-state index in [1.54, 1.807) is 0 Å². The van der Waals surface area contributed by atoms with Crippen molar-refractivity contribution in [3.05, 3.63) is 0 Å². The molecule has 3 nitrogen and oxygen atoms in total. The van der Waals surface area contributed by atoms with Gasteiger partial charge in [-0.05, 0) is 6.42 Å². The normalized spacial score (nSPS) is 11.8. The third-order valence-electron chi connectivity index (χ3n) is 1.12. The molecule has 2 N–H and O–H groups in total. The van der Waals surface area contributed by atoms with Crippen molar-refractivity contribution in [2.75, 3.05) is 0 Å². The van der Waals surface area contributed by atoms with Crippen LogP contribution >= 0.6 is 0 Å². The number of carboxylic acids is 1. The molecule has 0 aliphatic rings. The zero-order chi connectivity index (χ0) is 7.28. The number of aliphatic hydroxyl groups is 1. The van der Waals surface area contributed by atoms with E-state index >= 15 is 0 Å². The van der Waals surface area contributed by atoms with Gasteiger partial charge in [-0.25, -0.2) is 4.79 Å². The van der Waals surface area contributed by atoms with Crippen LogP contribution in [-0.2, 0) is 26.5 Å². The number of hydrogen-bond donors (Lipinski definition) is 2. The van der Waals surface area contributed by atoms with Crippen LogP contribution in [0.2, 0.25) is 0 Å². The molecular formula is C6H12O3Ti. The molecule has 10 heavy (non-hydrogen) atoms. The summed E-state index contributed by atoms with van der Waals surface area (Å²) in [7, 11) is 0. The Bertz CT molecular complexity index is 95.0. The molecule has 58 valence electrons. The van der Waals surface area contributed by atoms with Crippen molar-refractivity contribution < 1.29 is 36.7 Å². The average molecular weight is 180 g/mol. The second kappa shape index (κ2) is 7.25. The van der Waals surface area contributed by atoms with Crippen molar-refractivity contribution in [2.45, 2.75) is 32.3 Å². The Morgan fingerprint density at radius 2 is 2.10 bits per heavy atom. The van der Waals surface area contributed by atoms with Crippen LogP contribution in [-0.4, -0.2) is 22.3 Å². The van der Waals surface area contributed by atoms with Gasteiger partial charge in [-0.15, -0.1) is 0 Å². The first kappa shape index (κ1) is 12.8. The molecule has 0 fully saturated rings. The van der Waals surface area contributed by atoms with Gasteiger partial charge in [0, 0.05) is 21.7 Å². The Hall–Kier alpha value is 0.144. The van der Waals surface area contributed by atoms with E-state index in [9.17, 15) is 4.79 Å². The van der Waals surface area contributed by atoms with Crippen LogP contribution in [0.1, 0.15) is 26.2 Å². The second-order valence-electron chi connectivity index (χ2n) is 2.00. The summed E-state index contributed by atoms with van der Waals surface area (Å²) < 4.78 is 0. The molecular weight excluding hydrogens is 168 g/mol. The molecule has 0 rings (SSSR count). The van der Waals surface area contributed by atoms with Crippen LogP contribution in [0.15, 0.2) is 0 Å². The van der Waals surface area contributed by atoms with Crippen molar-refractivity contribution in [3.63, 3.8) is 0 Å². The Balaban J connectivity index is 0. The zero-order valence-corrected chi connectivity index (χ0v) is 7.56. The average Bonchev–Trinajstić information content (AvgIpc) is 1.82. The van der Waals surface area contributed by atoms with Gasteiger partial charge < -0.3 is 10.2 Å². The zero-order valence-electron chi connectivity index (χ0n) is 6.00. The first-order chi connectivity index (χ1) is 4.18. The van der Waals surface area contributed by atoms with Crippen molar-refractivity contribution in [1.29, 1.82) is 0 Å². The van der Waals surface area contributed by atoms with E-state index in [-0.39, 0.29) is 21.7 Å². The topological polar surface area (TPSA) is 57.5 Å². The smallest absolute Gasteiger partial charge is 0.332 e. The second-order valence-corrected chi connectivity index (χ2v) is 2.00. The Morgan fingerprint density at radius 3 is 2.40 bits per heavy atom. The molecule has 0 aromatic heterocycles. The van der Waals surface area contributed by atoms with Crippen LogP contribution in [0.5, 0.6) is 0 Å². The largest absolute Gasteiger partial charge is 0.479 e. The van der Waals surface area contributed by atoms with Gasteiger partial charge in [-0.1, -0.05) is 19.8 Å². The van der Waals surface area contributed by atoms with E-state index in [1.807, 2.05) is 6.92 Å². The summed E-state index contributed by atoms with van der Waals surface area (Å²) in [5.74, 6) is -1.12. The molecule has 0 spiro atoms. The Labute approximate surface area is 75.3 Å². The maximum atomic E-state index is 9.96. The molecule has 0 amide bonds. The first-order valence-electron chi connectivity index (χ1n) is 3.09. The van der Waals surface area contributed by atoms with Crippen LogP contribution in [0.4, 0.5) is 0 Å². The van der Waals surface area contributed by atoms with Crippen molar-refractivity contribution in [1.82, 2.24) is 0 Å². The Kier molecular flexibility index (Phi) is 9.28. The SMILES string of the molecule is CCCCC(O)C(=O)O.[Ti]. The number of unbranched alkanes of at least 4 members (excludes halogenated alkanes) is 1. The molecule has 1 atom stereocenters. The molecule has 0 aromatic carbocycles. The minimum Gasteiger partial charge on any atom is -0.479 e. The van der Waals surface area contributed by atoms with Crippen LogP contribution in [0.25, 0.3) is 0 Å². The van der Waals surface area contributed by atoms with E-state index in [2.05, 4.69) is 0 Å². The fraction of sp³-hybridized carbons (Fsp3) is 0.833. The van der Waals surface area contributed by atoms with E-state index in [0.717, 1.165) is 12.8 Å². The monoisotopic (exact) mass is 180 g/mol. The number of rotatable bonds is 4. The molecule has 0 aliphatic heterocycles. The number of aliphatic hydroxyl groups excluding tert-OH is 1. The van der Waals surface area contributed by atoms with Gasteiger partial charge in [-0.2, -0.15) is 0 Å².